The molecule has 0 heterocycles. The van der Waals surface area contributed by atoms with Gasteiger partial charge in [0, 0.05) is 19.2 Å². The third-order valence-electron chi connectivity index (χ3n) is 2.71. The number of hydrogen-bond donors (Lipinski definition) is 0. The van der Waals surface area contributed by atoms with Crippen molar-refractivity contribution in [1.29, 1.82) is 0 Å². The highest BCUT2D eigenvalue weighted by Crippen LogP contribution is 2.29. The quantitative estimate of drug-likeness (QED) is 0.777. The van der Waals surface area contributed by atoms with Crippen molar-refractivity contribution in [3.63, 3.8) is 0 Å². The Morgan fingerprint density at radius 1 is 1.21 bits per heavy atom. The summed E-state index contributed by atoms with van der Waals surface area (Å²) in [6, 6.07) is 4.56. The molecule has 0 saturated carbocycles. The van der Waals surface area contributed by atoms with E-state index in [1.165, 1.54) is 16.4 Å². The second-order valence-corrected chi connectivity index (χ2v) is 6.38. The number of benzene rings is 1. The summed E-state index contributed by atoms with van der Waals surface area (Å²) in [6.45, 7) is 6.98. The number of rotatable bonds is 7. The highest BCUT2D eigenvalue weighted by Gasteiger charge is 2.22. The maximum atomic E-state index is 12.4. The first-order chi connectivity index (χ1) is 8.97. The standard InChI is InChI=1S/C13H20ClNO3S/c1-4-9-18-13-10-11(7-8-12(13)14)19(16,17)15(5-2)6-3/h7-8,10H,4-6,9H2,1-3H3. The van der Waals surface area contributed by atoms with Crippen LogP contribution >= 0.6 is 11.6 Å². The zero-order chi connectivity index (χ0) is 14.5. The Morgan fingerprint density at radius 2 is 1.84 bits per heavy atom. The molecule has 0 aromatic heterocycles. The van der Waals surface area contributed by atoms with Crippen LogP contribution in [0.15, 0.2) is 23.1 Å². The van der Waals surface area contributed by atoms with Gasteiger partial charge in [-0.1, -0.05) is 32.4 Å². The number of ether oxygens (including phenoxy) is 1. The first kappa shape index (κ1) is 16.3. The summed E-state index contributed by atoms with van der Waals surface area (Å²) < 4.78 is 31.6. The van der Waals surface area contributed by atoms with Crippen molar-refractivity contribution in [2.75, 3.05) is 19.7 Å². The van der Waals surface area contributed by atoms with Gasteiger partial charge < -0.3 is 4.74 Å². The van der Waals surface area contributed by atoms with E-state index in [4.69, 9.17) is 16.3 Å². The molecule has 19 heavy (non-hydrogen) atoms. The normalized spacial score (nSPS) is 11.8. The predicted molar refractivity (Wildman–Crippen MR) is 77.3 cm³/mol. The van der Waals surface area contributed by atoms with Gasteiger partial charge in [-0.15, -0.1) is 0 Å². The van der Waals surface area contributed by atoms with E-state index < -0.39 is 10.0 Å². The molecule has 0 unspecified atom stereocenters. The van der Waals surface area contributed by atoms with E-state index in [2.05, 4.69) is 0 Å². The second kappa shape index (κ2) is 7.12. The molecule has 1 rings (SSSR count). The fraction of sp³-hybridized carbons (Fsp3) is 0.538. The molecule has 0 aliphatic rings. The third-order valence-corrected chi connectivity index (χ3v) is 5.07. The van der Waals surface area contributed by atoms with E-state index in [9.17, 15) is 8.42 Å². The van der Waals surface area contributed by atoms with E-state index in [1.54, 1.807) is 6.07 Å². The van der Waals surface area contributed by atoms with E-state index in [0.29, 0.717) is 30.5 Å². The van der Waals surface area contributed by atoms with Crippen LogP contribution in [0.25, 0.3) is 0 Å². The zero-order valence-corrected chi connectivity index (χ0v) is 13.1. The summed E-state index contributed by atoms with van der Waals surface area (Å²) in [5.41, 5.74) is 0. The van der Waals surface area contributed by atoms with Crippen molar-refractivity contribution in [3.8, 4) is 5.75 Å². The molecule has 0 amide bonds. The van der Waals surface area contributed by atoms with E-state index in [-0.39, 0.29) is 4.90 Å². The highest BCUT2D eigenvalue weighted by molar-refractivity contribution is 7.89. The first-order valence-corrected chi connectivity index (χ1v) is 8.21. The van der Waals surface area contributed by atoms with Crippen molar-refractivity contribution in [3.05, 3.63) is 23.2 Å². The SMILES string of the molecule is CCCOc1cc(S(=O)(=O)N(CC)CC)ccc1Cl. The van der Waals surface area contributed by atoms with Gasteiger partial charge in [0.1, 0.15) is 5.75 Å². The minimum absolute atomic E-state index is 0.215. The van der Waals surface area contributed by atoms with Gasteiger partial charge in [-0.05, 0) is 18.6 Å². The summed E-state index contributed by atoms with van der Waals surface area (Å²) in [7, 11) is -3.47. The fourth-order valence-electron chi connectivity index (χ4n) is 1.68. The van der Waals surface area contributed by atoms with Crippen LogP contribution in [0.2, 0.25) is 5.02 Å². The van der Waals surface area contributed by atoms with Gasteiger partial charge in [-0.3, -0.25) is 0 Å². The lowest BCUT2D eigenvalue weighted by Gasteiger charge is -2.19. The molecule has 0 spiro atoms. The Bertz CT molecular complexity index is 513. The van der Waals surface area contributed by atoms with Gasteiger partial charge in [0.05, 0.1) is 16.5 Å². The minimum Gasteiger partial charge on any atom is -0.492 e. The molecule has 0 radical (unpaired) electrons. The molecule has 6 heteroatoms. The average Bonchev–Trinajstić information content (AvgIpc) is 2.38. The maximum Gasteiger partial charge on any atom is 0.243 e. The van der Waals surface area contributed by atoms with Crippen molar-refractivity contribution < 1.29 is 13.2 Å². The molecule has 4 nitrogen and oxygen atoms in total. The molecular weight excluding hydrogens is 286 g/mol. The summed E-state index contributed by atoms with van der Waals surface area (Å²) in [6.07, 6.45) is 0.837. The molecular formula is C13H20ClNO3S. The van der Waals surface area contributed by atoms with Crippen LogP contribution in [-0.4, -0.2) is 32.4 Å². The van der Waals surface area contributed by atoms with Crippen LogP contribution in [0, 0.1) is 0 Å². The van der Waals surface area contributed by atoms with Crippen LogP contribution in [0.4, 0.5) is 0 Å². The molecule has 0 atom stereocenters. The Kier molecular flexibility index (Phi) is 6.10. The number of hydrogen-bond acceptors (Lipinski definition) is 3. The van der Waals surface area contributed by atoms with Crippen LogP contribution in [0.5, 0.6) is 5.75 Å². The van der Waals surface area contributed by atoms with Crippen molar-refractivity contribution >= 4 is 21.6 Å². The van der Waals surface area contributed by atoms with Crippen molar-refractivity contribution in [2.45, 2.75) is 32.1 Å². The van der Waals surface area contributed by atoms with Gasteiger partial charge in [-0.2, -0.15) is 4.31 Å². The summed E-state index contributed by atoms with van der Waals surface area (Å²) in [4.78, 5) is 0.215. The van der Waals surface area contributed by atoms with Gasteiger partial charge >= 0.3 is 0 Å². The van der Waals surface area contributed by atoms with Crippen LogP contribution in [0.1, 0.15) is 27.2 Å². The lowest BCUT2D eigenvalue weighted by Crippen LogP contribution is -2.30. The van der Waals surface area contributed by atoms with Crippen molar-refractivity contribution in [2.24, 2.45) is 0 Å². The smallest absolute Gasteiger partial charge is 0.243 e. The largest absolute Gasteiger partial charge is 0.492 e. The summed E-state index contributed by atoms with van der Waals surface area (Å²) in [5.74, 6) is 0.414. The molecule has 0 saturated heterocycles. The van der Waals surface area contributed by atoms with Gasteiger partial charge in [0.15, 0.2) is 0 Å². The molecule has 0 fully saturated rings. The van der Waals surface area contributed by atoms with E-state index in [0.717, 1.165) is 6.42 Å². The summed E-state index contributed by atoms with van der Waals surface area (Å²) in [5, 5.41) is 0.423. The van der Waals surface area contributed by atoms with E-state index >= 15 is 0 Å². The maximum absolute atomic E-state index is 12.4. The highest BCUT2D eigenvalue weighted by atomic mass is 35.5. The van der Waals surface area contributed by atoms with Gasteiger partial charge in [0.2, 0.25) is 10.0 Å². The summed E-state index contributed by atoms with van der Waals surface area (Å²) >= 11 is 6.00. The Balaban J connectivity index is 3.14. The lowest BCUT2D eigenvalue weighted by molar-refractivity contribution is 0.316. The van der Waals surface area contributed by atoms with Crippen LogP contribution in [0.3, 0.4) is 0 Å². The van der Waals surface area contributed by atoms with Gasteiger partial charge in [-0.25, -0.2) is 8.42 Å². The van der Waals surface area contributed by atoms with Crippen molar-refractivity contribution in [1.82, 2.24) is 4.31 Å². The van der Waals surface area contributed by atoms with Gasteiger partial charge in [0.25, 0.3) is 0 Å². The van der Waals surface area contributed by atoms with E-state index in [1.807, 2.05) is 20.8 Å². The first-order valence-electron chi connectivity index (χ1n) is 6.39. The van der Waals surface area contributed by atoms with Crippen LogP contribution < -0.4 is 4.74 Å². The number of sulfonamides is 1. The number of halogens is 1. The molecule has 1 aromatic rings. The average molecular weight is 306 g/mol. The predicted octanol–water partition coefficient (Wildman–Crippen LogP) is 3.16. The Morgan fingerprint density at radius 3 is 2.37 bits per heavy atom. The zero-order valence-electron chi connectivity index (χ0n) is 11.5. The molecule has 0 N–H and O–H groups in total. The second-order valence-electron chi connectivity index (χ2n) is 4.03. The molecule has 0 aliphatic carbocycles. The molecule has 0 aliphatic heterocycles. The topological polar surface area (TPSA) is 46.6 Å². The van der Waals surface area contributed by atoms with Crippen LogP contribution in [-0.2, 0) is 10.0 Å². The fourth-order valence-corrected chi connectivity index (χ4v) is 3.33. The molecule has 1 aromatic carbocycles. The third kappa shape index (κ3) is 3.84. The minimum atomic E-state index is -3.47. The lowest BCUT2D eigenvalue weighted by atomic mass is 10.3. The molecule has 0 bridgehead atoms. The number of nitrogens with zero attached hydrogens (tertiary/aromatic N) is 1. The monoisotopic (exact) mass is 305 g/mol. The molecule has 108 valence electrons. The Labute approximate surface area is 120 Å². The Hall–Kier alpha value is -0.780.